The third-order valence-electron chi connectivity index (χ3n) is 5.49. The number of carbonyl (C=O) groups is 3. The van der Waals surface area contributed by atoms with E-state index in [1.807, 2.05) is 25.3 Å². The molecule has 1 unspecified atom stereocenters. The zero-order valence-electron chi connectivity index (χ0n) is 17.8. The first kappa shape index (κ1) is 20.7. The van der Waals surface area contributed by atoms with Crippen molar-refractivity contribution in [2.24, 2.45) is 16.6 Å². The van der Waals surface area contributed by atoms with Crippen LogP contribution in [0.3, 0.4) is 0 Å². The Hall–Kier alpha value is -3.04. The van der Waals surface area contributed by atoms with Crippen molar-refractivity contribution >= 4 is 29.6 Å². The number of nitrogens with zero attached hydrogens (tertiary/aromatic N) is 6. The van der Waals surface area contributed by atoms with E-state index in [1.165, 1.54) is 4.90 Å². The molecule has 10 heteroatoms. The van der Waals surface area contributed by atoms with Crippen LogP contribution in [0.25, 0.3) is 0 Å². The number of imide groups is 1. The molecule has 1 aromatic rings. The van der Waals surface area contributed by atoms with Gasteiger partial charge in [-0.15, -0.1) is 9.78 Å². The second-order valence-electron chi connectivity index (χ2n) is 7.99. The maximum absolute atomic E-state index is 13.2. The topological polar surface area (TPSA) is 117 Å². The molecule has 1 fully saturated rings. The number of hydrogen-bond donors (Lipinski definition) is 1. The lowest BCUT2D eigenvalue weighted by molar-refractivity contribution is -0.538. The quantitative estimate of drug-likeness (QED) is 0.710. The van der Waals surface area contributed by atoms with Crippen molar-refractivity contribution in [1.82, 2.24) is 19.6 Å². The molecule has 0 radical (unpaired) electrons. The van der Waals surface area contributed by atoms with E-state index in [1.54, 1.807) is 11.7 Å². The molecule has 3 heterocycles. The first-order valence-corrected chi connectivity index (χ1v) is 9.67. The van der Waals surface area contributed by atoms with Crippen LogP contribution in [0.5, 0.6) is 0 Å². The van der Waals surface area contributed by atoms with Gasteiger partial charge in [0.25, 0.3) is 5.91 Å². The van der Waals surface area contributed by atoms with Crippen LogP contribution in [-0.2, 0) is 9.59 Å². The van der Waals surface area contributed by atoms with Gasteiger partial charge in [0.1, 0.15) is 12.2 Å². The molecule has 0 saturated carbocycles. The van der Waals surface area contributed by atoms with Crippen molar-refractivity contribution in [1.29, 1.82) is 0 Å². The summed E-state index contributed by atoms with van der Waals surface area (Å²) in [5.74, 6) is 0.00785. The number of primary amides is 1. The second kappa shape index (κ2) is 7.41. The molecule has 156 valence electrons. The van der Waals surface area contributed by atoms with E-state index in [0.29, 0.717) is 24.3 Å². The molecule has 0 spiro atoms. The van der Waals surface area contributed by atoms with Crippen molar-refractivity contribution in [3.63, 3.8) is 0 Å². The largest absolute Gasteiger partial charge is 0.421 e. The summed E-state index contributed by atoms with van der Waals surface area (Å²) in [5, 5.41) is 4.59. The van der Waals surface area contributed by atoms with Gasteiger partial charge in [-0.05, 0) is 33.1 Å². The van der Waals surface area contributed by atoms with Crippen molar-refractivity contribution in [3.05, 3.63) is 17.0 Å². The third-order valence-corrected chi connectivity index (χ3v) is 5.49. The smallest absolute Gasteiger partial charge is 0.368 e. The van der Waals surface area contributed by atoms with Gasteiger partial charge in [-0.2, -0.15) is 0 Å². The van der Waals surface area contributed by atoms with Gasteiger partial charge < -0.3 is 5.73 Å². The second-order valence-corrected chi connectivity index (χ2v) is 7.99. The number of rotatable bonds is 5. The lowest BCUT2D eigenvalue weighted by Crippen LogP contribution is -2.64. The molecule has 29 heavy (non-hydrogen) atoms. The number of amides is 4. The van der Waals surface area contributed by atoms with Gasteiger partial charge in [-0.3, -0.25) is 19.4 Å². The number of aliphatic imine (C=N–C) groups is 1. The zero-order valence-corrected chi connectivity index (χ0v) is 17.8. The monoisotopic (exact) mass is 402 g/mol. The highest BCUT2D eigenvalue weighted by Crippen LogP contribution is 2.22. The van der Waals surface area contributed by atoms with Crippen molar-refractivity contribution in [2.75, 3.05) is 20.1 Å². The fraction of sp³-hybridized carbons (Fsp3) is 0.579. The molecule has 2 N–H and O–H groups in total. The lowest BCUT2D eigenvalue weighted by atomic mass is 10.1. The van der Waals surface area contributed by atoms with E-state index < -0.39 is 30.4 Å². The molecular weight excluding hydrogens is 374 g/mol. The number of nitrogens with two attached hydrogens (primary N) is 1. The van der Waals surface area contributed by atoms with E-state index >= 15 is 0 Å². The molecule has 10 nitrogen and oxygen atoms in total. The summed E-state index contributed by atoms with van der Waals surface area (Å²) in [6.07, 6.45) is 0.821. The summed E-state index contributed by atoms with van der Waals surface area (Å²) in [6.45, 7) is 10.1. The number of urea groups is 1. The standard InChI is InChI=1S/C19H27N7O3/c1-10(2)7-8-24-15-16(21-18(24)26-13(5)11(3)12(4)22-26)23(6)19(29)25(17(15)28)9-14(20)27/h10,15H,7-9H2,1-6H3,(H-,20,27)/p+1. The van der Waals surface area contributed by atoms with Crippen LogP contribution in [0.2, 0.25) is 0 Å². The summed E-state index contributed by atoms with van der Waals surface area (Å²) in [6, 6.07) is -1.41. The van der Waals surface area contributed by atoms with Gasteiger partial charge in [0.05, 0.1) is 12.2 Å². The van der Waals surface area contributed by atoms with Gasteiger partial charge in [-0.1, -0.05) is 18.8 Å². The van der Waals surface area contributed by atoms with E-state index in [0.717, 1.165) is 28.3 Å². The Morgan fingerprint density at radius 1 is 1.24 bits per heavy atom. The normalized spacial score (nSPS) is 19.4. The predicted octanol–water partition coefficient (Wildman–Crippen LogP) is 0.231. The van der Waals surface area contributed by atoms with Crippen molar-refractivity contribution in [2.45, 2.75) is 47.1 Å². The number of hydrogen-bond acceptors (Lipinski definition) is 5. The van der Waals surface area contributed by atoms with Gasteiger partial charge >= 0.3 is 12.0 Å². The SMILES string of the molecule is Cc1nn(C2=[N+](CCC(C)C)C3C(=O)N(CC(N)=O)C(=O)N(C)C3=N2)c(C)c1C. The number of aromatic nitrogens is 2. The number of aryl methyl sites for hydroxylation is 1. The molecule has 3 rings (SSSR count). The molecular formula is C19H28N7O3+. The van der Waals surface area contributed by atoms with E-state index in [4.69, 9.17) is 5.73 Å². The number of carbonyl (C=O) groups excluding carboxylic acids is 3. The number of fused-ring (bicyclic) bond motifs is 1. The Kier molecular flexibility index (Phi) is 5.29. The summed E-state index contributed by atoms with van der Waals surface area (Å²) in [5.41, 5.74) is 8.09. The summed E-state index contributed by atoms with van der Waals surface area (Å²) in [4.78, 5) is 44.1. The maximum Gasteiger partial charge on any atom is 0.421 e. The van der Waals surface area contributed by atoms with Gasteiger partial charge in [0, 0.05) is 12.6 Å². The molecule has 1 saturated heterocycles. The first-order valence-electron chi connectivity index (χ1n) is 9.67. The average Bonchev–Trinajstić information content (AvgIpc) is 3.14. The van der Waals surface area contributed by atoms with Crippen LogP contribution < -0.4 is 5.73 Å². The number of likely N-dealkylation sites (N-methyl/N-ethyl adjacent to an activating group) is 1. The highest BCUT2D eigenvalue weighted by molar-refractivity contribution is 6.23. The summed E-state index contributed by atoms with van der Waals surface area (Å²) >= 11 is 0. The Bertz CT molecular complexity index is 957. The van der Waals surface area contributed by atoms with Gasteiger partial charge in [0.15, 0.2) is 0 Å². The zero-order chi connectivity index (χ0) is 21.6. The van der Waals surface area contributed by atoms with Crippen molar-refractivity contribution in [3.8, 4) is 0 Å². The molecule has 1 aromatic heterocycles. The maximum atomic E-state index is 13.2. The minimum atomic E-state index is -0.796. The molecule has 0 aliphatic carbocycles. The van der Waals surface area contributed by atoms with E-state index in [2.05, 4.69) is 23.9 Å². The van der Waals surface area contributed by atoms with E-state index in [9.17, 15) is 14.4 Å². The Morgan fingerprint density at radius 3 is 2.41 bits per heavy atom. The molecule has 4 amide bonds. The van der Waals surface area contributed by atoms with Gasteiger partial charge in [-0.25, -0.2) is 9.37 Å². The number of amidine groups is 1. The van der Waals surface area contributed by atoms with Crippen LogP contribution in [0.4, 0.5) is 4.79 Å². The molecule has 2 aliphatic heterocycles. The molecule has 2 aliphatic rings. The molecule has 1 atom stereocenters. The first-order chi connectivity index (χ1) is 13.5. The van der Waals surface area contributed by atoms with Crippen LogP contribution >= 0.6 is 0 Å². The van der Waals surface area contributed by atoms with Crippen molar-refractivity contribution < 1.29 is 19.0 Å². The van der Waals surface area contributed by atoms with Crippen LogP contribution in [-0.4, -0.2) is 80.0 Å². The lowest BCUT2D eigenvalue weighted by Gasteiger charge is -2.33. The Morgan fingerprint density at radius 2 is 1.90 bits per heavy atom. The minimum Gasteiger partial charge on any atom is -0.368 e. The predicted molar refractivity (Wildman–Crippen MR) is 107 cm³/mol. The van der Waals surface area contributed by atoms with Crippen LogP contribution in [0, 0.1) is 26.7 Å². The van der Waals surface area contributed by atoms with E-state index in [-0.39, 0.29) is 0 Å². The summed E-state index contributed by atoms with van der Waals surface area (Å²) in [7, 11) is 1.55. The fourth-order valence-corrected chi connectivity index (χ4v) is 3.52. The van der Waals surface area contributed by atoms with Crippen LogP contribution in [0.15, 0.2) is 4.99 Å². The molecule has 0 aromatic carbocycles. The highest BCUT2D eigenvalue weighted by atomic mass is 16.2. The highest BCUT2D eigenvalue weighted by Gasteiger charge is 2.53. The Balaban J connectivity index is 2.14. The average molecular weight is 402 g/mol. The molecule has 0 bridgehead atoms. The third kappa shape index (κ3) is 3.43. The minimum absolute atomic E-state index is 0.338. The van der Waals surface area contributed by atoms with Crippen LogP contribution in [0.1, 0.15) is 37.2 Å². The van der Waals surface area contributed by atoms with Gasteiger partial charge in [0.2, 0.25) is 17.8 Å². The fourth-order valence-electron chi connectivity index (χ4n) is 3.52. The Labute approximate surface area is 169 Å². The summed E-state index contributed by atoms with van der Waals surface area (Å²) < 4.78 is 3.59.